The van der Waals surface area contributed by atoms with Crippen molar-refractivity contribution >= 4 is 29.5 Å². The summed E-state index contributed by atoms with van der Waals surface area (Å²) < 4.78 is 4.05. The molecule has 0 aliphatic carbocycles. The molecule has 2 aromatic rings. The minimum atomic E-state index is -0.672. The van der Waals surface area contributed by atoms with Crippen LogP contribution in [0.1, 0.15) is 5.56 Å². The Hall–Kier alpha value is -2.74. The predicted octanol–water partition coefficient (Wildman–Crippen LogP) is 3.63. The van der Waals surface area contributed by atoms with Crippen LogP contribution in [-0.4, -0.2) is 16.1 Å². The van der Waals surface area contributed by atoms with Crippen molar-refractivity contribution in [3.05, 3.63) is 74.3 Å². The number of benzene rings is 2. The lowest BCUT2D eigenvalue weighted by Crippen LogP contribution is -1.94. The SMILES string of the molecule is O=[N+]([O-])c1ccc(SN=Cc2ccccc2)c([N+](=O)[O-])c1. The molecule has 0 heterocycles. The van der Waals surface area contributed by atoms with Crippen molar-refractivity contribution in [2.45, 2.75) is 4.90 Å². The van der Waals surface area contributed by atoms with Crippen LogP contribution in [0, 0.1) is 20.2 Å². The highest BCUT2D eigenvalue weighted by Gasteiger charge is 2.19. The summed E-state index contributed by atoms with van der Waals surface area (Å²) in [6.07, 6.45) is 1.57. The van der Waals surface area contributed by atoms with E-state index in [2.05, 4.69) is 4.40 Å². The summed E-state index contributed by atoms with van der Waals surface area (Å²) >= 11 is 0.896. The summed E-state index contributed by atoms with van der Waals surface area (Å²) in [5.74, 6) is 0. The number of nitrogens with zero attached hydrogens (tertiary/aromatic N) is 3. The molecule has 106 valence electrons. The second kappa shape index (κ2) is 6.62. The largest absolute Gasteiger partial charge is 0.291 e. The second-order valence-electron chi connectivity index (χ2n) is 3.90. The molecule has 0 saturated carbocycles. The Bertz CT molecular complexity index is 704. The van der Waals surface area contributed by atoms with Gasteiger partial charge in [0.1, 0.15) is 4.90 Å². The Morgan fingerprint density at radius 1 is 1.00 bits per heavy atom. The topological polar surface area (TPSA) is 98.6 Å². The van der Waals surface area contributed by atoms with Gasteiger partial charge in [0.05, 0.1) is 15.9 Å². The van der Waals surface area contributed by atoms with Gasteiger partial charge in [0.15, 0.2) is 0 Å². The van der Waals surface area contributed by atoms with Crippen molar-refractivity contribution in [1.29, 1.82) is 0 Å². The number of nitro groups is 2. The van der Waals surface area contributed by atoms with E-state index in [1.54, 1.807) is 6.21 Å². The summed E-state index contributed by atoms with van der Waals surface area (Å²) in [6.45, 7) is 0. The molecule has 0 aliphatic rings. The average molecular weight is 303 g/mol. The molecular weight excluding hydrogens is 294 g/mol. The van der Waals surface area contributed by atoms with Crippen molar-refractivity contribution < 1.29 is 9.85 Å². The highest BCUT2D eigenvalue weighted by Crippen LogP contribution is 2.32. The van der Waals surface area contributed by atoms with E-state index in [9.17, 15) is 20.2 Å². The Morgan fingerprint density at radius 3 is 2.33 bits per heavy atom. The first-order valence-corrected chi connectivity index (χ1v) is 6.53. The minimum absolute atomic E-state index is 0.248. The standard InChI is InChI=1S/C13H9N3O4S/c17-15(18)11-6-7-13(12(8-11)16(19)20)21-14-9-10-4-2-1-3-5-10/h1-9H. The van der Waals surface area contributed by atoms with Gasteiger partial charge in [0.2, 0.25) is 0 Å². The molecule has 2 aromatic carbocycles. The number of nitro benzene ring substituents is 2. The van der Waals surface area contributed by atoms with Crippen molar-refractivity contribution in [1.82, 2.24) is 0 Å². The van der Waals surface area contributed by atoms with Gasteiger partial charge in [0, 0.05) is 24.2 Å². The summed E-state index contributed by atoms with van der Waals surface area (Å²) in [5, 5.41) is 21.6. The van der Waals surface area contributed by atoms with E-state index in [0.717, 1.165) is 23.6 Å². The predicted molar refractivity (Wildman–Crippen MR) is 79.6 cm³/mol. The van der Waals surface area contributed by atoms with Gasteiger partial charge in [-0.05, 0) is 11.6 Å². The fourth-order valence-corrected chi connectivity index (χ4v) is 2.17. The van der Waals surface area contributed by atoms with E-state index in [0.29, 0.717) is 0 Å². The molecule has 8 heteroatoms. The van der Waals surface area contributed by atoms with Crippen molar-refractivity contribution in [2.24, 2.45) is 4.40 Å². The van der Waals surface area contributed by atoms with Crippen molar-refractivity contribution in [2.75, 3.05) is 0 Å². The molecule has 7 nitrogen and oxygen atoms in total. The molecule has 0 unspecified atom stereocenters. The maximum absolute atomic E-state index is 10.9. The lowest BCUT2D eigenvalue weighted by molar-refractivity contribution is -0.396. The summed E-state index contributed by atoms with van der Waals surface area (Å²) in [4.78, 5) is 20.5. The van der Waals surface area contributed by atoms with E-state index >= 15 is 0 Å². The minimum Gasteiger partial charge on any atom is -0.258 e. The lowest BCUT2D eigenvalue weighted by atomic mass is 10.2. The van der Waals surface area contributed by atoms with Gasteiger partial charge in [-0.1, -0.05) is 30.3 Å². The molecule has 0 fully saturated rings. The lowest BCUT2D eigenvalue weighted by Gasteiger charge is -1.98. The number of hydrogen-bond acceptors (Lipinski definition) is 6. The molecule has 0 radical (unpaired) electrons. The van der Waals surface area contributed by atoms with E-state index < -0.39 is 9.85 Å². The Morgan fingerprint density at radius 2 is 1.71 bits per heavy atom. The highest BCUT2D eigenvalue weighted by molar-refractivity contribution is 7.98. The molecule has 0 bridgehead atoms. The normalized spacial score (nSPS) is 10.7. The summed E-state index contributed by atoms with van der Waals surface area (Å²) in [5.41, 5.74) is 0.201. The third-order valence-corrected chi connectivity index (χ3v) is 3.26. The van der Waals surface area contributed by atoms with Crippen LogP contribution in [0.5, 0.6) is 0 Å². The van der Waals surface area contributed by atoms with Crippen molar-refractivity contribution in [3.8, 4) is 0 Å². The molecule has 21 heavy (non-hydrogen) atoms. The quantitative estimate of drug-likeness (QED) is 0.363. The zero-order valence-corrected chi connectivity index (χ0v) is 11.4. The smallest absolute Gasteiger partial charge is 0.258 e. The number of non-ortho nitro benzene ring substituents is 1. The highest BCUT2D eigenvalue weighted by atomic mass is 32.2. The van der Waals surface area contributed by atoms with Crippen LogP contribution in [-0.2, 0) is 0 Å². The van der Waals surface area contributed by atoms with Gasteiger partial charge in [0.25, 0.3) is 11.4 Å². The first-order chi connectivity index (χ1) is 10.1. The first kappa shape index (κ1) is 14.7. The van der Waals surface area contributed by atoms with E-state index in [4.69, 9.17) is 0 Å². The van der Waals surface area contributed by atoms with Crippen LogP contribution in [0.25, 0.3) is 0 Å². The summed E-state index contributed by atoms with van der Waals surface area (Å²) in [7, 11) is 0. The van der Waals surface area contributed by atoms with Crippen LogP contribution in [0.15, 0.2) is 57.8 Å². The van der Waals surface area contributed by atoms with Crippen LogP contribution >= 0.6 is 11.9 Å². The molecule has 0 atom stereocenters. The number of rotatable bonds is 5. The van der Waals surface area contributed by atoms with Gasteiger partial charge in [-0.25, -0.2) is 4.40 Å². The van der Waals surface area contributed by atoms with Gasteiger partial charge >= 0.3 is 0 Å². The van der Waals surface area contributed by atoms with Gasteiger partial charge in [-0.15, -0.1) is 0 Å². The van der Waals surface area contributed by atoms with Gasteiger partial charge < -0.3 is 0 Å². The molecular formula is C13H9N3O4S. The molecule has 0 N–H and O–H groups in total. The fraction of sp³-hybridized carbons (Fsp3) is 0. The Labute approximate surface area is 123 Å². The molecule has 0 aliphatic heterocycles. The molecule has 0 saturated heterocycles. The molecule has 0 aromatic heterocycles. The van der Waals surface area contributed by atoms with Crippen LogP contribution in [0.2, 0.25) is 0 Å². The van der Waals surface area contributed by atoms with E-state index in [-0.39, 0.29) is 16.3 Å². The average Bonchev–Trinajstić information content (AvgIpc) is 2.48. The monoisotopic (exact) mass is 303 g/mol. The van der Waals surface area contributed by atoms with Crippen LogP contribution in [0.3, 0.4) is 0 Å². The third kappa shape index (κ3) is 3.86. The van der Waals surface area contributed by atoms with E-state index in [1.807, 2.05) is 30.3 Å². The fourth-order valence-electron chi connectivity index (χ4n) is 1.52. The van der Waals surface area contributed by atoms with E-state index in [1.165, 1.54) is 12.1 Å². The Kier molecular flexibility index (Phi) is 4.62. The third-order valence-electron chi connectivity index (χ3n) is 2.50. The summed E-state index contributed by atoms with van der Waals surface area (Å²) in [6, 6.07) is 12.7. The molecule has 0 spiro atoms. The zero-order chi connectivity index (χ0) is 15.2. The maximum atomic E-state index is 10.9. The molecule has 0 amide bonds. The van der Waals surface area contributed by atoms with Gasteiger partial charge in [-0.2, -0.15) is 0 Å². The van der Waals surface area contributed by atoms with Crippen LogP contribution < -0.4 is 0 Å². The molecule has 2 rings (SSSR count). The first-order valence-electron chi connectivity index (χ1n) is 5.76. The number of hydrogen-bond donors (Lipinski definition) is 0. The van der Waals surface area contributed by atoms with Gasteiger partial charge in [-0.3, -0.25) is 20.2 Å². The van der Waals surface area contributed by atoms with Crippen molar-refractivity contribution in [3.63, 3.8) is 0 Å². The zero-order valence-electron chi connectivity index (χ0n) is 10.6. The maximum Gasteiger partial charge on any atom is 0.291 e. The van der Waals surface area contributed by atoms with Crippen LogP contribution in [0.4, 0.5) is 11.4 Å². The second-order valence-corrected chi connectivity index (χ2v) is 4.74. The Balaban J connectivity index is 2.22.